The van der Waals surface area contributed by atoms with Gasteiger partial charge in [-0.15, -0.1) is 0 Å². The molecule has 0 atom stereocenters. The number of carbonyl (C=O) groups excluding carboxylic acids is 2. The summed E-state index contributed by atoms with van der Waals surface area (Å²) in [6.45, 7) is 6.60. The van der Waals surface area contributed by atoms with Crippen LogP contribution in [0, 0.1) is 13.8 Å². The first-order valence-corrected chi connectivity index (χ1v) is 12.0. The van der Waals surface area contributed by atoms with E-state index in [4.69, 9.17) is 9.47 Å². The second-order valence-corrected chi connectivity index (χ2v) is 8.58. The van der Waals surface area contributed by atoms with Crippen LogP contribution in [0.2, 0.25) is 0 Å². The van der Waals surface area contributed by atoms with Gasteiger partial charge in [-0.05, 0) is 62.2 Å². The van der Waals surface area contributed by atoms with E-state index in [9.17, 15) is 9.59 Å². The lowest BCUT2D eigenvalue weighted by molar-refractivity contribution is 0.0883. The first-order chi connectivity index (χ1) is 16.9. The van der Waals surface area contributed by atoms with E-state index in [-0.39, 0.29) is 11.8 Å². The zero-order valence-corrected chi connectivity index (χ0v) is 20.9. The summed E-state index contributed by atoms with van der Waals surface area (Å²) < 4.78 is 11.4. The molecule has 0 heterocycles. The predicted molar refractivity (Wildman–Crippen MR) is 138 cm³/mol. The molecule has 2 amide bonds. The fourth-order valence-electron chi connectivity index (χ4n) is 3.72. The van der Waals surface area contributed by atoms with Crippen molar-refractivity contribution in [3.8, 4) is 11.5 Å². The van der Waals surface area contributed by atoms with Crippen LogP contribution < -0.4 is 20.1 Å². The van der Waals surface area contributed by atoms with E-state index in [0.717, 1.165) is 30.4 Å². The van der Waals surface area contributed by atoms with Crippen molar-refractivity contribution < 1.29 is 19.1 Å². The summed E-state index contributed by atoms with van der Waals surface area (Å²) in [7, 11) is 1.57. The molecule has 3 aromatic carbocycles. The normalized spacial score (nSPS) is 10.7. The third-order valence-corrected chi connectivity index (χ3v) is 5.64. The molecule has 6 nitrogen and oxygen atoms in total. The van der Waals surface area contributed by atoms with Crippen molar-refractivity contribution >= 4 is 11.8 Å². The Morgan fingerprint density at radius 3 is 1.91 bits per heavy atom. The van der Waals surface area contributed by atoms with Crippen molar-refractivity contribution in [3.63, 3.8) is 0 Å². The molecule has 0 saturated heterocycles. The van der Waals surface area contributed by atoms with Gasteiger partial charge in [-0.3, -0.25) is 9.59 Å². The maximum absolute atomic E-state index is 13.1. The van der Waals surface area contributed by atoms with E-state index in [2.05, 4.69) is 17.6 Å². The van der Waals surface area contributed by atoms with E-state index in [0.29, 0.717) is 34.8 Å². The SMILES string of the molecule is CCCCCOc1ccc(C(NC(=O)c2cccc(C)c2)NC(=O)c2cccc(C)c2)cc1OC. The number of nitrogens with one attached hydrogen (secondary N) is 2. The molecular formula is C29H34N2O4. The predicted octanol–water partition coefficient (Wildman–Crippen LogP) is 5.74. The maximum atomic E-state index is 13.1. The third-order valence-electron chi connectivity index (χ3n) is 5.64. The van der Waals surface area contributed by atoms with E-state index in [1.165, 1.54) is 0 Å². The Hall–Kier alpha value is -3.80. The van der Waals surface area contributed by atoms with Gasteiger partial charge in [0, 0.05) is 11.1 Å². The Morgan fingerprint density at radius 1 is 0.800 bits per heavy atom. The van der Waals surface area contributed by atoms with Gasteiger partial charge in [0.05, 0.1) is 13.7 Å². The molecule has 2 N–H and O–H groups in total. The van der Waals surface area contributed by atoms with Gasteiger partial charge < -0.3 is 20.1 Å². The van der Waals surface area contributed by atoms with Gasteiger partial charge >= 0.3 is 0 Å². The Labute approximate surface area is 207 Å². The number of unbranched alkanes of at least 4 members (excludes halogenated alkanes) is 2. The van der Waals surface area contributed by atoms with E-state index in [1.54, 1.807) is 25.3 Å². The molecule has 0 saturated carbocycles. The minimum Gasteiger partial charge on any atom is -0.493 e. The molecule has 35 heavy (non-hydrogen) atoms. The minimum atomic E-state index is -0.779. The van der Waals surface area contributed by atoms with Gasteiger partial charge in [0.25, 0.3) is 11.8 Å². The lowest BCUT2D eigenvalue weighted by Gasteiger charge is -2.22. The van der Waals surface area contributed by atoms with Gasteiger partial charge in [-0.25, -0.2) is 0 Å². The molecule has 0 bridgehead atoms. The highest BCUT2D eigenvalue weighted by molar-refractivity contribution is 5.97. The minimum absolute atomic E-state index is 0.290. The molecule has 0 aliphatic rings. The Kier molecular flexibility index (Phi) is 9.30. The van der Waals surface area contributed by atoms with Crippen molar-refractivity contribution in [2.24, 2.45) is 0 Å². The Morgan fingerprint density at radius 2 is 1.40 bits per heavy atom. The van der Waals surface area contributed by atoms with E-state index in [1.807, 2.05) is 62.4 Å². The summed E-state index contributed by atoms with van der Waals surface area (Å²) in [5, 5.41) is 5.91. The van der Waals surface area contributed by atoms with Gasteiger partial charge in [-0.1, -0.05) is 61.2 Å². The fraction of sp³-hybridized carbons (Fsp3) is 0.310. The van der Waals surface area contributed by atoms with Gasteiger partial charge in [0.15, 0.2) is 11.5 Å². The molecule has 0 spiro atoms. The summed E-state index contributed by atoms with van der Waals surface area (Å²) >= 11 is 0. The zero-order chi connectivity index (χ0) is 25.2. The molecule has 3 rings (SSSR count). The van der Waals surface area contributed by atoms with E-state index < -0.39 is 6.17 Å². The van der Waals surface area contributed by atoms with Crippen molar-refractivity contribution in [3.05, 3.63) is 94.5 Å². The summed E-state index contributed by atoms with van der Waals surface area (Å²) in [4.78, 5) is 26.1. The van der Waals surface area contributed by atoms with Gasteiger partial charge in [0.1, 0.15) is 6.17 Å². The largest absolute Gasteiger partial charge is 0.493 e. The number of amides is 2. The number of benzene rings is 3. The summed E-state index contributed by atoms with van der Waals surface area (Å²) in [5.41, 5.74) is 3.66. The van der Waals surface area contributed by atoms with Gasteiger partial charge in [0.2, 0.25) is 0 Å². The van der Waals surface area contributed by atoms with Crippen LogP contribution in [0.3, 0.4) is 0 Å². The van der Waals surface area contributed by atoms with E-state index >= 15 is 0 Å². The van der Waals surface area contributed by atoms with Crippen LogP contribution in [-0.2, 0) is 0 Å². The number of hydrogen-bond acceptors (Lipinski definition) is 4. The molecule has 0 aromatic heterocycles. The summed E-state index contributed by atoms with van der Waals surface area (Å²) in [6, 6.07) is 20.1. The highest BCUT2D eigenvalue weighted by atomic mass is 16.5. The monoisotopic (exact) mass is 474 g/mol. The second kappa shape index (κ2) is 12.6. The molecule has 6 heteroatoms. The Bertz CT molecular complexity index is 1100. The molecule has 184 valence electrons. The van der Waals surface area contributed by atoms with Crippen LogP contribution in [0.4, 0.5) is 0 Å². The topological polar surface area (TPSA) is 76.7 Å². The lowest BCUT2D eigenvalue weighted by atomic mass is 10.1. The first kappa shape index (κ1) is 25.8. The molecule has 0 aliphatic heterocycles. The van der Waals surface area contributed by atoms with Crippen LogP contribution in [0.1, 0.15) is 69.8 Å². The number of rotatable bonds is 11. The molecule has 3 aromatic rings. The van der Waals surface area contributed by atoms with Crippen molar-refractivity contribution in [1.82, 2.24) is 10.6 Å². The van der Waals surface area contributed by atoms with Crippen molar-refractivity contribution in [2.45, 2.75) is 46.2 Å². The molecule has 0 aliphatic carbocycles. The Balaban J connectivity index is 1.87. The van der Waals surface area contributed by atoms with Gasteiger partial charge in [-0.2, -0.15) is 0 Å². The van der Waals surface area contributed by atoms with Crippen LogP contribution in [0.15, 0.2) is 66.7 Å². The number of hydrogen-bond donors (Lipinski definition) is 2. The zero-order valence-electron chi connectivity index (χ0n) is 20.9. The summed E-state index contributed by atoms with van der Waals surface area (Å²) in [5.74, 6) is 0.587. The highest BCUT2D eigenvalue weighted by Gasteiger charge is 2.21. The second-order valence-electron chi connectivity index (χ2n) is 8.58. The van der Waals surface area contributed by atoms with Crippen molar-refractivity contribution in [1.29, 1.82) is 0 Å². The standard InChI is InChI=1S/C29H34N2O4/c1-5-6-7-16-35-25-15-14-22(19-26(25)34-4)27(30-28(32)23-12-8-10-20(2)17-23)31-29(33)24-13-9-11-21(3)18-24/h8-15,17-19,27H,5-7,16H2,1-4H3,(H,30,32)(H,31,33). The average molecular weight is 475 g/mol. The number of ether oxygens (including phenoxy) is 2. The lowest BCUT2D eigenvalue weighted by Crippen LogP contribution is -2.41. The summed E-state index contributed by atoms with van der Waals surface area (Å²) in [6.07, 6.45) is 2.39. The third kappa shape index (κ3) is 7.34. The maximum Gasteiger partial charge on any atom is 0.253 e. The van der Waals surface area contributed by atoms with Crippen LogP contribution >= 0.6 is 0 Å². The number of methoxy groups -OCH3 is 1. The van der Waals surface area contributed by atoms with Crippen LogP contribution in [-0.4, -0.2) is 25.5 Å². The molecule has 0 unspecified atom stereocenters. The smallest absolute Gasteiger partial charge is 0.253 e. The van der Waals surface area contributed by atoms with Crippen molar-refractivity contribution in [2.75, 3.05) is 13.7 Å². The highest BCUT2D eigenvalue weighted by Crippen LogP contribution is 2.30. The first-order valence-electron chi connectivity index (χ1n) is 12.0. The fourth-order valence-corrected chi connectivity index (χ4v) is 3.72. The molecule has 0 radical (unpaired) electrons. The quantitative estimate of drug-likeness (QED) is 0.274. The average Bonchev–Trinajstić information content (AvgIpc) is 2.86. The van der Waals surface area contributed by atoms with Crippen LogP contribution in [0.25, 0.3) is 0 Å². The molecular weight excluding hydrogens is 440 g/mol. The molecule has 0 fully saturated rings. The number of carbonyl (C=O) groups is 2. The van der Waals surface area contributed by atoms with Crippen LogP contribution in [0.5, 0.6) is 11.5 Å². The number of aryl methyl sites for hydroxylation is 2.